The van der Waals surface area contributed by atoms with E-state index in [1.165, 1.54) is 12.1 Å². The van der Waals surface area contributed by atoms with E-state index in [2.05, 4.69) is 0 Å². The van der Waals surface area contributed by atoms with Crippen LogP contribution in [0.5, 0.6) is 0 Å². The van der Waals surface area contributed by atoms with Crippen LogP contribution < -0.4 is 0 Å². The van der Waals surface area contributed by atoms with Gasteiger partial charge in [0.1, 0.15) is 5.82 Å². The van der Waals surface area contributed by atoms with Gasteiger partial charge in [-0.3, -0.25) is 0 Å². The zero-order chi connectivity index (χ0) is 13.0. The van der Waals surface area contributed by atoms with Crippen molar-refractivity contribution < 1.29 is 13.9 Å². The summed E-state index contributed by atoms with van der Waals surface area (Å²) in [4.78, 5) is 0. The van der Waals surface area contributed by atoms with Crippen LogP contribution in [0, 0.1) is 12.1 Å². The molecule has 3 heteroatoms. The molecule has 2 nitrogen and oxygen atoms in total. The van der Waals surface area contributed by atoms with Crippen LogP contribution in [0.2, 0.25) is 0 Å². The molecule has 0 unspecified atom stereocenters. The zero-order valence-corrected chi connectivity index (χ0v) is 10.3. The van der Waals surface area contributed by atoms with Gasteiger partial charge in [0, 0.05) is 19.8 Å². The fraction of sp³-hybridized carbons (Fsp3) is 0.133. The van der Waals surface area contributed by atoms with E-state index in [-0.39, 0.29) is 5.82 Å². The molecule has 0 amide bonds. The van der Waals surface area contributed by atoms with Gasteiger partial charge in [-0.2, -0.15) is 0 Å². The first kappa shape index (κ1) is 12.7. The Morgan fingerprint density at radius 3 is 2.11 bits per heavy atom. The van der Waals surface area contributed by atoms with E-state index in [0.717, 1.165) is 16.7 Å². The van der Waals surface area contributed by atoms with Gasteiger partial charge in [-0.25, -0.2) is 4.39 Å². The second-order valence-electron chi connectivity index (χ2n) is 3.75. The lowest BCUT2D eigenvalue weighted by Crippen LogP contribution is -2.06. The van der Waals surface area contributed by atoms with Crippen LogP contribution in [0.3, 0.4) is 0 Å². The highest BCUT2D eigenvalue weighted by atomic mass is 19.1. The average Bonchev–Trinajstić information content (AvgIpc) is 2.42. The molecule has 0 bridgehead atoms. The highest BCUT2D eigenvalue weighted by Crippen LogP contribution is 2.29. The minimum absolute atomic E-state index is 0.251. The number of hydrogen-bond donors (Lipinski definition) is 0. The van der Waals surface area contributed by atoms with Gasteiger partial charge in [0.15, 0.2) is 0 Å². The number of halogens is 1. The maximum atomic E-state index is 12.9. The molecule has 0 atom stereocenters. The maximum Gasteiger partial charge on any atom is 0.256 e. The monoisotopic (exact) mass is 245 g/mol. The summed E-state index contributed by atoms with van der Waals surface area (Å²) in [6.45, 7) is 0. The lowest BCUT2D eigenvalue weighted by atomic mass is 9.99. The summed E-state index contributed by atoms with van der Waals surface area (Å²) < 4.78 is 23.3. The molecule has 0 fully saturated rings. The second kappa shape index (κ2) is 5.76. The third kappa shape index (κ3) is 2.58. The van der Waals surface area contributed by atoms with Gasteiger partial charge in [-0.15, -0.1) is 0 Å². The zero-order valence-electron chi connectivity index (χ0n) is 10.3. The lowest BCUT2D eigenvalue weighted by Gasteiger charge is -2.15. The van der Waals surface area contributed by atoms with Gasteiger partial charge in [0.25, 0.3) is 6.29 Å². The van der Waals surface area contributed by atoms with Crippen molar-refractivity contribution >= 4 is 0 Å². The molecular weight excluding hydrogens is 231 g/mol. The Kier molecular flexibility index (Phi) is 4.07. The fourth-order valence-electron chi connectivity index (χ4n) is 1.85. The van der Waals surface area contributed by atoms with E-state index in [1.807, 2.05) is 24.3 Å². The van der Waals surface area contributed by atoms with Gasteiger partial charge in [-0.1, -0.05) is 36.4 Å². The van der Waals surface area contributed by atoms with Crippen molar-refractivity contribution in [2.24, 2.45) is 0 Å². The first-order valence-electron chi connectivity index (χ1n) is 5.56. The lowest BCUT2D eigenvalue weighted by molar-refractivity contribution is 0.0272. The minimum Gasteiger partial charge on any atom is -0.345 e. The molecule has 2 aromatic rings. The van der Waals surface area contributed by atoms with Gasteiger partial charge in [0.05, 0.1) is 0 Å². The van der Waals surface area contributed by atoms with Gasteiger partial charge < -0.3 is 9.47 Å². The smallest absolute Gasteiger partial charge is 0.256 e. The first-order chi connectivity index (χ1) is 8.76. The number of methoxy groups -OCH3 is 2. The van der Waals surface area contributed by atoms with Crippen LogP contribution in [0.4, 0.5) is 4.39 Å². The van der Waals surface area contributed by atoms with E-state index >= 15 is 0 Å². The highest BCUT2D eigenvalue weighted by molar-refractivity contribution is 5.69. The van der Waals surface area contributed by atoms with Crippen molar-refractivity contribution in [1.82, 2.24) is 0 Å². The Morgan fingerprint density at radius 2 is 1.50 bits per heavy atom. The molecular formula is C15H14FO2. The summed E-state index contributed by atoms with van der Waals surface area (Å²) in [5.41, 5.74) is 2.70. The summed E-state index contributed by atoms with van der Waals surface area (Å²) >= 11 is 0. The summed E-state index contributed by atoms with van der Waals surface area (Å²) in [6, 6.07) is 14.0. The molecule has 0 saturated heterocycles. The number of rotatable bonds is 4. The number of ether oxygens (including phenoxy) is 2. The summed E-state index contributed by atoms with van der Waals surface area (Å²) in [6.07, 6.45) is 0.440. The summed E-state index contributed by atoms with van der Waals surface area (Å²) in [7, 11) is 3.11. The summed E-state index contributed by atoms with van der Waals surface area (Å²) in [5, 5.41) is 0. The van der Waals surface area contributed by atoms with Gasteiger partial charge in [0.2, 0.25) is 0 Å². The van der Waals surface area contributed by atoms with Crippen molar-refractivity contribution in [3.63, 3.8) is 0 Å². The minimum atomic E-state index is -0.251. The molecule has 1 radical (unpaired) electrons. The molecule has 0 aliphatic heterocycles. The molecule has 0 N–H and O–H groups in total. The Bertz CT molecular complexity index is 504. The largest absolute Gasteiger partial charge is 0.345 e. The van der Waals surface area contributed by atoms with Crippen LogP contribution in [0.25, 0.3) is 11.1 Å². The Balaban J connectivity index is 2.47. The predicted molar refractivity (Wildman–Crippen MR) is 68.2 cm³/mol. The first-order valence-corrected chi connectivity index (χ1v) is 5.56. The van der Waals surface area contributed by atoms with Crippen molar-refractivity contribution in [3.05, 3.63) is 66.2 Å². The van der Waals surface area contributed by atoms with Crippen LogP contribution in [-0.4, -0.2) is 14.2 Å². The van der Waals surface area contributed by atoms with Crippen molar-refractivity contribution in [1.29, 1.82) is 0 Å². The quantitative estimate of drug-likeness (QED) is 0.819. The molecule has 0 aliphatic rings. The molecule has 0 aliphatic carbocycles. The van der Waals surface area contributed by atoms with Crippen molar-refractivity contribution in [2.45, 2.75) is 0 Å². The van der Waals surface area contributed by atoms with E-state index < -0.39 is 0 Å². The number of benzene rings is 2. The third-order valence-corrected chi connectivity index (χ3v) is 2.67. The van der Waals surface area contributed by atoms with E-state index in [4.69, 9.17) is 9.47 Å². The van der Waals surface area contributed by atoms with E-state index in [1.54, 1.807) is 26.4 Å². The van der Waals surface area contributed by atoms with Crippen molar-refractivity contribution in [3.8, 4) is 11.1 Å². The Morgan fingerprint density at radius 1 is 0.889 bits per heavy atom. The SMILES string of the molecule is CO[C](OC)c1ccccc1-c1ccc(F)cc1. The van der Waals surface area contributed by atoms with Crippen LogP contribution in [0.1, 0.15) is 5.56 Å². The molecule has 0 spiro atoms. The molecule has 0 aromatic heterocycles. The third-order valence-electron chi connectivity index (χ3n) is 2.67. The Labute approximate surface area is 106 Å². The molecule has 2 aromatic carbocycles. The topological polar surface area (TPSA) is 18.5 Å². The predicted octanol–water partition coefficient (Wildman–Crippen LogP) is 3.62. The molecule has 18 heavy (non-hydrogen) atoms. The summed E-state index contributed by atoms with van der Waals surface area (Å²) in [5.74, 6) is -0.251. The number of hydrogen-bond acceptors (Lipinski definition) is 2. The average molecular weight is 245 g/mol. The molecule has 93 valence electrons. The standard InChI is InChI=1S/C15H14FO2/c1-17-15(18-2)14-6-4-3-5-13(14)11-7-9-12(16)10-8-11/h3-10H,1-2H3. The van der Waals surface area contributed by atoms with Crippen molar-refractivity contribution in [2.75, 3.05) is 14.2 Å². The molecule has 0 saturated carbocycles. The second-order valence-corrected chi connectivity index (χ2v) is 3.75. The maximum absolute atomic E-state index is 12.9. The fourth-order valence-corrected chi connectivity index (χ4v) is 1.85. The van der Waals surface area contributed by atoms with E-state index in [0.29, 0.717) is 6.29 Å². The van der Waals surface area contributed by atoms with Gasteiger partial charge in [-0.05, 0) is 23.3 Å². The highest BCUT2D eigenvalue weighted by Gasteiger charge is 2.16. The van der Waals surface area contributed by atoms with Crippen LogP contribution in [0.15, 0.2) is 48.5 Å². The van der Waals surface area contributed by atoms with Crippen LogP contribution in [-0.2, 0) is 9.47 Å². The Hall–Kier alpha value is -1.71. The van der Waals surface area contributed by atoms with Gasteiger partial charge >= 0.3 is 0 Å². The normalized spacial score (nSPS) is 10.9. The van der Waals surface area contributed by atoms with Crippen LogP contribution >= 0.6 is 0 Å². The molecule has 0 heterocycles. The molecule has 2 rings (SSSR count). The van der Waals surface area contributed by atoms with E-state index in [9.17, 15) is 4.39 Å².